The van der Waals surface area contributed by atoms with Crippen LogP contribution in [0, 0.1) is 6.92 Å². The number of benzene rings is 1. The van der Waals surface area contributed by atoms with Crippen molar-refractivity contribution in [1.82, 2.24) is 14.9 Å². The highest BCUT2D eigenvalue weighted by atomic mass is 32.2. The summed E-state index contributed by atoms with van der Waals surface area (Å²) in [6.07, 6.45) is 2.05. The molecule has 2 aromatic heterocycles. The molecule has 0 saturated carbocycles. The molecule has 236 valence electrons. The van der Waals surface area contributed by atoms with Crippen LogP contribution in [0.3, 0.4) is 0 Å². The maximum Gasteiger partial charge on any atom is 0.255 e. The average Bonchev–Trinajstić information content (AvgIpc) is 3.32. The summed E-state index contributed by atoms with van der Waals surface area (Å²) in [5.74, 6) is 0.988. The van der Waals surface area contributed by atoms with Crippen molar-refractivity contribution < 1.29 is 17.9 Å². The number of ketones is 1. The van der Waals surface area contributed by atoms with Gasteiger partial charge in [0.15, 0.2) is 5.78 Å². The molecule has 44 heavy (non-hydrogen) atoms. The van der Waals surface area contributed by atoms with E-state index in [0.29, 0.717) is 28.3 Å². The van der Waals surface area contributed by atoms with Gasteiger partial charge in [-0.3, -0.25) is 13.9 Å². The van der Waals surface area contributed by atoms with Crippen LogP contribution >= 0.6 is 0 Å². The third-order valence-corrected chi connectivity index (χ3v) is 11.2. The number of sulfonamides is 1. The van der Waals surface area contributed by atoms with Gasteiger partial charge in [0.05, 0.1) is 23.1 Å². The van der Waals surface area contributed by atoms with Crippen molar-refractivity contribution >= 4 is 27.3 Å². The van der Waals surface area contributed by atoms with E-state index in [0.717, 1.165) is 48.7 Å². The number of Topliss-reactive ketones (excluding diaryl/α,β-unsaturated/α-hetero) is 1. The van der Waals surface area contributed by atoms with Gasteiger partial charge < -0.3 is 19.5 Å². The Labute approximate surface area is 260 Å². The van der Waals surface area contributed by atoms with Crippen LogP contribution in [0.4, 0.5) is 11.5 Å². The van der Waals surface area contributed by atoms with Gasteiger partial charge in [0.2, 0.25) is 10.0 Å². The van der Waals surface area contributed by atoms with Gasteiger partial charge in [-0.2, -0.15) is 0 Å². The Hall–Kier alpha value is -3.70. The predicted molar refractivity (Wildman–Crippen MR) is 175 cm³/mol. The number of methoxy groups -OCH3 is 1. The van der Waals surface area contributed by atoms with Crippen LogP contribution in [0.1, 0.15) is 67.2 Å². The number of hydrogen-bond donors (Lipinski definition) is 1. The summed E-state index contributed by atoms with van der Waals surface area (Å²) in [5, 5.41) is 0. The highest BCUT2D eigenvalue weighted by Gasteiger charge is 2.42. The lowest BCUT2D eigenvalue weighted by molar-refractivity contribution is 0.0981. The number of fused-ring (bicyclic) bond motifs is 1. The van der Waals surface area contributed by atoms with Gasteiger partial charge in [-0.15, -0.1) is 0 Å². The first-order chi connectivity index (χ1) is 20.7. The highest BCUT2D eigenvalue weighted by Crippen LogP contribution is 2.45. The van der Waals surface area contributed by atoms with Gasteiger partial charge >= 0.3 is 0 Å². The van der Waals surface area contributed by atoms with Crippen molar-refractivity contribution in [3.63, 3.8) is 0 Å². The van der Waals surface area contributed by atoms with Crippen LogP contribution in [0.15, 0.2) is 41.3 Å². The predicted octanol–water partition coefficient (Wildman–Crippen LogP) is 4.37. The standard InChI is InChI=1S/C33H43N5O5S/c1-21-20-38(44(41,42)33(3,4)5)27-18-24(23-8-11-30(34-19-23)37-14-12-36(6)13-15-37)17-26(31(21)27)28(39)10-9-25-29(43-7)16-22(2)35-32(25)40/h8,11,16-19,21H,9-10,12-15,20H2,1-7H3,(H,35,40)/t21-/m0/s1. The zero-order valence-corrected chi connectivity index (χ0v) is 27.5. The Kier molecular flexibility index (Phi) is 8.65. The topological polar surface area (TPSA) is 116 Å². The second-order valence-electron chi connectivity index (χ2n) is 13.0. The summed E-state index contributed by atoms with van der Waals surface area (Å²) in [5.41, 5.74) is 4.04. The molecular formula is C33H43N5O5S. The van der Waals surface area contributed by atoms with Gasteiger partial charge in [0.1, 0.15) is 11.6 Å². The molecule has 0 spiro atoms. The molecule has 0 unspecified atom stereocenters. The van der Waals surface area contributed by atoms with Gasteiger partial charge in [0.25, 0.3) is 5.56 Å². The summed E-state index contributed by atoms with van der Waals surface area (Å²) in [6.45, 7) is 12.8. The molecule has 10 nitrogen and oxygen atoms in total. The van der Waals surface area contributed by atoms with E-state index >= 15 is 0 Å². The maximum absolute atomic E-state index is 14.0. The number of piperazine rings is 1. The van der Waals surface area contributed by atoms with Crippen LogP contribution in [-0.2, 0) is 16.4 Å². The fraction of sp³-hybridized carbons (Fsp3) is 0.485. The number of carbonyl (C=O) groups excluding carboxylic acids is 1. The van der Waals surface area contributed by atoms with Gasteiger partial charge in [0, 0.05) is 68.1 Å². The van der Waals surface area contributed by atoms with Crippen molar-refractivity contribution in [1.29, 1.82) is 0 Å². The van der Waals surface area contributed by atoms with E-state index in [1.807, 2.05) is 31.2 Å². The molecule has 1 saturated heterocycles. The van der Waals surface area contributed by atoms with E-state index in [9.17, 15) is 18.0 Å². The molecule has 1 aromatic carbocycles. The first-order valence-corrected chi connectivity index (χ1v) is 16.6. The molecule has 3 aromatic rings. The van der Waals surface area contributed by atoms with Crippen LogP contribution in [0.25, 0.3) is 11.1 Å². The number of aryl methyl sites for hydroxylation is 1. The third kappa shape index (κ3) is 5.99. The number of hydrogen-bond acceptors (Lipinski definition) is 8. The largest absolute Gasteiger partial charge is 0.496 e. The Bertz CT molecular complexity index is 1720. The molecule has 2 aliphatic rings. The number of nitrogens with one attached hydrogen (secondary N) is 1. The van der Waals surface area contributed by atoms with Crippen LogP contribution < -0.4 is 19.5 Å². The fourth-order valence-electron chi connectivity index (χ4n) is 6.01. The third-order valence-electron chi connectivity index (χ3n) is 8.68. The van der Waals surface area contributed by atoms with E-state index in [4.69, 9.17) is 9.72 Å². The minimum Gasteiger partial charge on any atom is -0.496 e. The molecular weight excluding hydrogens is 578 g/mol. The number of likely N-dealkylation sites (N-methyl/N-ethyl adjacent to an activating group) is 1. The quantitative estimate of drug-likeness (QED) is 0.369. The normalized spacial score (nSPS) is 17.6. The lowest BCUT2D eigenvalue weighted by Crippen LogP contribution is -2.44. The van der Waals surface area contributed by atoms with Crippen LogP contribution in [-0.4, -0.2) is 80.7 Å². The van der Waals surface area contributed by atoms with E-state index in [-0.39, 0.29) is 36.6 Å². The zero-order chi connectivity index (χ0) is 32.0. The van der Waals surface area contributed by atoms with E-state index in [1.54, 1.807) is 40.0 Å². The number of anilines is 2. The van der Waals surface area contributed by atoms with E-state index in [2.05, 4.69) is 21.8 Å². The number of ether oxygens (including phenoxy) is 1. The lowest BCUT2D eigenvalue weighted by Gasteiger charge is -2.33. The molecule has 0 radical (unpaired) electrons. The van der Waals surface area contributed by atoms with Crippen molar-refractivity contribution in [2.24, 2.45) is 0 Å². The number of pyridine rings is 2. The summed E-state index contributed by atoms with van der Waals surface area (Å²) in [7, 11) is -0.114. The number of rotatable bonds is 8. The van der Waals surface area contributed by atoms with E-state index in [1.165, 1.54) is 11.4 Å². The molecule has 1 atom stereocenters. The second kappa shape index (κ2) is 12.0. The Morgan fingerprint density at radius 1 is 1.09 bits per heavy atom. The first kappa shape index (κ1) is 31.7. The molecule has 5 rings (SSSR count). The number of carbonyl (C=O) groups is 1. The Balaban J connectivity index is 1.55. The maximum atomic E-state index is 14.0. The van der Waals surface area contributed by atoms with Gasteiger partial charge in [-0.05, 0) is 82.6 Å². The van der Waals surface area contributed by atoms with Crippen molar-refractivity contribution in [2.75, 3.05) is 56.1 Å². The number of aromatic nitrogens is 2. The zero-order valence-electron chi connectivity index (χ0n) is 26.7. The Morgan fingerprint density at radius 2 is 1.80 bits per heavy atom. The molecule has 11 heteroatoms. The SMILES string of the molecule is COc1cc(C)[nH]c(=O)c1CCC(=O)c1cc(-c2ccc(N3CCN(C)CC3)nc2)cc2c1[C@@H](C)CN2S(=O)(=O)C(C)(C)C. The van der Waals surface area contributed by atoms with Crippen molar-refractivity contribution in [3.05, 3.63) is 69.3 Å². The molecule has 1 fully saturated rings. The molecule has 0 aliphatic carbocycles. The minimum atomic E-state index is -3.73. The number of nitrogens with zero attached hydrogens (tertiary/aromatic N) is 4. The monoisotopic (exact) mass is 621 g/mol. The van der Waals surface area contributed by atoms with Crippen LogP contribution in [0.5, 0.6) is 5.75 Å². The van der Waals surface area contributed by atoms with E-state index < -0.39 is 14.8 Å². The molecule has 0 bridgehead atoms. The average molecular weight is 622 g/mol. The number of aromatic amines is 1. The lowest BCUT2D eigenvalue weighted by atomic mass is 9.89. The minimum absolute atomic E-state index is 0.0672. The molecule has 4 heterocycles. The smallest absolute Gasteiger partial charge is 0.255 e. The Morgan fingerprint density at radius 3 is 2.41 bits per heavy atom. The van der Waals surface area contributed by atoms with Crippen molar-refractivity contribution in [2.45, 2.75) is 58.1 Å². The molecule has 1 N–H and O–H groups in total. The van der Waals surface area contributed by atoms with Crippen LogP contribution in [0.2, 0.25) is 0 Å². The summed E-state index contributed by atoms with van der Waals surface area (Å²) < 4.78 is 33.4. The van der Waals surface area contributed by atoms with Gasteiger partial charge in [-0.25, -0.2) is 13.4 Å². The first-order valence-electron chi connectivity index (χ1n) is 15.1. The molecule has 0 amide bonds. The highest BCUT2D eigenvalue weighted by molar-refractivity contribution is 7.94. The second-order valence-corrected chi connectivity index (χ2v) is 15.6. The summed E-state index contributed by atoms with van der Waals surface area (Å²) in [4.78, 5) is 38.8. The van der Waals surface area contributed by atoms with Crippen molar-refractivity contribution in [3.8, 4) is 16.9 Å². The molecule has 2 aliphatic heterocycles. The number of H-pyrrole nitrogens is 1. The summed E-state index contributed by atoms with van der Waals surface area (Å²) in [6, 6.07) is 9.44. The van der Waals surface area contributed by atoms with Gasteiger partial charge in [-0.1, -0.05) is 6.92 Å². The summed E-state index contributed by atoms with van der Waals surface area (Å²) >= 11 is 0. The fourth-order valence-corrected chi connectivity index (χ4v) is 7.50.